The van der Waals surface area contributed by atoms with Crippen LogP contribution in [0.15, 0.2) is 4.99 Å². The Morgan fingerprint density at radius 1 is 1.33 bits per heavy atom. The molecule has 1 fully saturated rings. The van der Waals surface area contributed by atoms with Crippen molar-refractivity contribution >= 4 is 5.96 Å². The van der Waals surface area contributed by atoms with Crippen LogP contribution in [-0.2, 0) is 4.74 Å². The summed E-state index contributed by atoms with van der Waals surface area (Å²) >= 11 is 0. The van der Waals surface area contributed by atoms with Gasteiger partial charge in [-0.15, -0.1) is 0 Å². The van der Waals surface area contributed by atoms with E-state index >= 15 is 0 Å². The van der Waals surface area contributed by atoms with Gasteiger partial charge in [0.2, 0.25) is 0 Å². The number of guanidine groups is 1. The molecular weight excluding hydrogens is 228 g/mol. The quantitative estimate of drug-likeness (QED) is 0.364. The fraction of sp³-hybridized carbons (Fsp3) is 0.923. The molecule has 0 radical (unpaired) electrons. The van der Waals surface area contributed by atoms with E-state index < -0.39 is 0 Å². The molecule has 0 aliphatic carbocycles. The number of hydrogen-bond acceptors (Lipinski definition) is 3. The van der Waals surface area contributed by atoms with Gasteiger partial charge in [-0.3, -0.25) is 4.99 Å². The summed E-state index contributed by atoms with van der Waals surface area (Å²) in [4.78, 5) is 6.77. The molecule has 5 heteroatoms. The number of ether oxygens (including phenoxy) is 1. The lowest BCUT2D eigenvalue weighted by Crippen LogP contribution is -2.34. The number of likely N-dealkylation sites (tertiary alicyclic amines) is 1. The summed E-state index contributed by atoms with van der Waals surface area (Å²) in [6.45, 7) is 8.89. The van der Waals surface area contributed by atoms with E-state index in [2.05, 4.69) is 15.2 Å². The molecule has 0 aromatic carbocycles. The SMILES string of the molecule is CCOCCCN=C(N)NCCCN1CCCC1. The first kappa shape index (κ1) is 15.2. The molecule has 0 aromatic rings. The molecule has 18 heavy (non-hydrogen) atoms. The third kappa shape index (κ3) is 7.50. The van der Waals surface area contributed by atoms with Crippen molar-refractivity contribution in [3.63, 3.8) is 0 Å². The van der Waals surface area contributed by atoms with E-state index in [1.165, 1.54) is 32.5 Å². The second kappa shape index (κ2) is 10.1. The molecule has 1 aliphatic heterocycles. The Morgan fingerprint density at radius 3 is 2.83 bits per heavy atom. The van der Waals surface area contributed by atoms with Gasteiger partial charge in [0.25, 0.3) is 0 Å². The fourth-order valence-electron chi connectivity index (χ4n) is 2.09. The molecule has 1 heterocycles. The van der Waals surface area contributed by atoms with Crippen molar-refractivity contribution < 1.29 is 4.74 Å². The Labute approximate surface area is 111 Å². The molecule has 0 aromatic heterocycles. The van der Waals surface area contributed by atoms with Crippen LogP contribution in [0.4, 0.5) is 0 Å². The van der Waals surface area contributed by atoms with Gasteiger partial charge >= 0.3 is 0 Å². The maximum Gasteiger partial charge on any atom is 0.188 e. The maximum absolute atomic E-state index is 5.77. The highest BCUT2D eigenvalue weighted by Crippen LogP contribution is 2.06. The van der Waals surface area contributed by atoms with Gasteiger partial charge < -0.3 is 20.7 Å². The third-order valence-corrected chi connectivity index (χ3v) is 3.09. The molecule has 0 amide bonds. The number of nitrogens with two attached hydrogens (primary N) is 1. The van der Waals surface area contributed by atoms with Crippen LogP contribution in [0.1, 0.15) is 32.6 Å². The van der Waals surface area contributed by atoms with E-state index in [0.29, 0.717) is 5.96 Å². The van der Waals surface area contributed by atoms with Gasteiger partial charge in [0.05, 0.1) is 0 Å². The van der Waals surface area contributed by atoms with E-state index in [9.17, 15) is 0 Å². The summed E-state index contributed by atoms with van der Waals surface area (Å²) in [6, 6.07) is 0. The number of rotatable bonds is 9. The molecule has 0 atom stereocenters. The van der Waals surface area contributed by atoms with Crippen molar-refractivity contribution in [3.05, 3.63) is 0 Å². The number of aliphatic imine (C=N–C) groups is 1. The van der Waals surface area contributed by atoms with E-state index in [-0.39, 0.29) is 0 Å². The molecule has 3 N–H and O–H groups in total. The average Bonchev–Trinajstić information content (AvgIpc) is 2.87. The van der Waals surface area contributed by atoms with E-state index in [1.807, 2.05) is 6.92 Å². The first-order chi connectivity index (χ1) is 8.83. The molecule has 106 valence electrons. The molecule has 1 aliphatic rings. The summed E-state index contributed by atoms with van der Waals surface area (Å²) in [5.41, 5.74) is 5.77. The minimum absolute atomic E-state index is 0.563. The second-order valence-electron chi connectivity index (χ2n) is 4.65. The molecule has 0 unspecified atom stereocenters. The van der Waals surface area contributed by atoms with Crippen LogP contribution in [0.3, 0.4) is 0 Å². The zero-order valence-electron chi connectivity index (χ0n) is 11.7. The topological polar surface area (TPSA) is 62.9 Å². The van der Waals surface area contributed by atoms with Crippen LogP contribution >= 0.6 is 0 Å². The highest BCUT2D eigenvalue weighted by Gasteiger charge is 2.09. The Bertz CT molecular complexity index is 227. The maximum atomic E-state index is 5.77. The molecule has 0 bridgehead atoms. The van der Waals surface area contributed by atoms with Crippen LogP contribution in [0, 0.1) is 0 Å². The predicted molar refractivity (Wildman–Crippen MR) is 75.9 cm³/mol. The fourth-order valence-corrected chi connectivity index (χ4v) is 2.09. The van der Waals surface area contributed by atoms with Gasteiger partial charge in [-0.25, -0.2) is 0 Å². The number of nitrogens with zero attached hydrogens (tertiary/aromatic N) is 2. The largest absolute Gasteiger partial charge is 0.382 e. The van der Waals surface area contributed by atoms with Crippen molar-refractivity contribution in [3.8, 4) is 0 Å². The second-order valence-corrected chi connectivity index (χ2v) is 4.65. The Morgan fingerprint density at radius 2 is 2.11 bits per heavy atom. The van der Waals surface area contributed by atoms with Gasteiger partial charge in [0.15, 0.2) is 5.96 Å². The van der Waals surface area contributed by atoms with Crippen molar-refractivity contribution in [2.24, 2.45) is 10.7 Å². The average molecular weight is 256 g/mol. The zero-order chi connectivity index (χ0) is 13.1. The van der Waals surface area contributed by atoms with Crippen LogP contribution in [0.2, 0.25) is 0 Å². The lowest BCUT2D eigenvalue weighted by atomic mass is 10.4. The zero-order valence-corrected chi connectivity index (χ0v) is 11.7. The Kier molecular flexibility index (Phi) is 8.59. The van der Waals surface area contributed by atoms with Crippen molar-refractivity contribution in [2.45, 2.75) is 32.6 Å². The number of nitrogens with one attached hydrogen (secondary N) is 1. The molecule has 1 rings (SSSR count). The summed E-state index contributed by atoms with van der Waals surface area (Å²) in [6.07, 6.45) is 4.78. The first-order valence-electron chi connectivity index (χ1n) is 7.17. The summed E-state index contributed by atoms with van der Waals surface area (Å²) < 4.78 is 5.23. The van der Waals surface area contributed by atoms with E-state index in [0.717, 1.165) is 39.1 Å². The van der Waals surface area contributed by atoms with Gasteiger partial charge in [-0.2, -0.15) is 0 Å². The van der Waals surface area contributed by atoms with Gasteiger partial charge in [-0.1, -0.05) is 0 Å². The predicted octanol–water partition coefficient (Wildman–Crippen LogP) is 0.803. The van der Waals surface area contributed by atoms with Crippen LogP contribution in [0.25, 0.3) is 0 Å². The highest BCUT2D eigenvalue weighted by atomic mass is 16.5. The molecular formula is C13H28N4O. The third-order valence-electron chi connectivity index (χ3n) is 3.09. The summed E-state index contributed by atoms with van der Waals surface area (Å²) in [7, 11) is 0. The van der Waals surface area contributed by atoms with Gasteiger partial charge in [0.1, 0.15) is 0 Å². The minimum Gasteiger partial charge on any atom is -0.382 e. The van der Waals surface area contributed by atoms with E-state index in [4.69, 9.17) is 10.5 Å². The Balaban J connectivity index is 1.91. The smallest absolute Gasteiger partial charge is 0.188 e. The van der Waals surface area contributed by atoms with Gasteiger partial charge in [0, 0.05) is 26.3 Å². The van der Waals surface area contributed by atoms with Gasteiger partial charge in [-0.05, 0) is 52.2 Å². The normalized spacial score (nSPS) is 17.3. The van der Waals surface area contributed by atoms with Crippen LogP contribution in [0.5, 0.6) is 0 Å². The lowest BCUT2D eigenvalue weighted by molar-refractivity contribution is 0.146. The van der Waals surface area contributed by atoms with Crippen molar-refractivity contribution in [1.29, 1.82) is 0 Å². The highest BCUT2D eigenvalue weighted by molar-refractivity contribution is 5.77. The van der Waals surface area contributed by atoms with E-state index in [1.54, 1.807) is 0 Å². The van der Waals surface area contributed by atoms with Crippen molar-refractivity contribution in [2.75, 3.05) is 45.9 Å². The van der Waals surface area contributed by atoms with Crippen LogP contribution < -0.4 is 11.1 Å². The molecule has 5 nitrogen and oxygen atoms in total. The first-order valence-corrected chi connectivity index (χ1v) is 7.17. The monoisotopic (exact) mass is 256 g/mol. The molecule has 0 saturated carbocycles. The van der Waals surface area contributed by atoms with Crippen molar-refractivity contribution in [1.82, 2.24) is 10.2 Å². The Hall–Kier alpha value is -0.810. The molecule has 0 spiro atoms. The summed E-state index contributed by atoms with van der Waals surface area (Å²) in [5.74, 6) is 0.563. The minimum atomic E-state index is 0.563. The van der Waals surface area contributed by atoms with Crippen LogP contribution in [-0.4, -0.2) is 56.8 Å². The molecule has 1 saturated heterocycles. The summed E-state index contributed by atoms with van der Waals surface area (Å²) in [5, 5.41) is 3.16. The standard InChI is InChI=1S/C13H28N4O/c1-2-18-12-6-8-16-13(14)15-7-5-11-17-9-3-4-10-17/h2-12H2,1H3,(H3,14,15,16). The number of hydrogen-bond donors (Lipinski definition) is 2. The lowest BCUT2D eigenvalue weighted by Gasteiger charge is -2.14.